The summed E-state index contributed by atoms with van der Waals surface area (Å²) in [4.78, 5) is 14.6. The molecule has 0 saturated carbocycles. The molecule has 2 unspecified atom stereocenters. The van der Waals surface area contributed by atoms with Gasteiger partial charge in [-0.1, -0.05) is 33.6 Å². The van der Waals surface area contributed by atoms with Crippen molar-refractivity contribution in [2.24, 2.45) is 5.92 Å². The maximum Gasteiger partial charge on any atom is 0.241 e. The lowest BCUT2D eigenvalue weighted by molar-refractivity contribution is -0.135. The lowest BCUT2D eigenvalue weighted by Crippen LogP contribution is -2.48. The van der Waals surface area contributed by atoms with Gasteiger partial charge in [0, 0.05) is 6.61 Å². The molecule has 1 saturated heterocycles. The Kier molecular flexibility index (Phi) is 6.46. The van der Waals surface area contributed by atoms with E-state index in [0.29, 0.717) is 19.1 Å². The van der Waals surface area contributed by atoms with E-state index < -0.39 is 0 Å². The average Bonchev–Trinajstić information content (AvgIpc) is 2.64. The fourth-order valence-electron chi connectivity index (χ4n) is 2.89. The molecule has 20 heavy (non-hydrogen) atoms. The molecule has 2 atom stereocenters. The Hall–Kier alpha value is -0.610. The van der Waals surface area contributed by atoms with Crippen molar-refractivity contribution in [2.45, 2.75) is 78.6 Å². The predicted molar refractivity (Wildman–Crippen MR) is 82.5 cm³/mol. The number of carbonyl (C=O) groups is 1. The number of nitrogens with one attached hydrogen (secondary N) is 1. The van der Waals surface area contributed by atoms with Crippen LogP contribution in [0.3, 0.4) is 0 Å². The van der Waals surface area contributed by atoms with Crippen LogP contribution in [0, 0.1) is 5.92 Å². The Morgan fingerprint density at radius 1 is 1.35 bits per heavy atom. The number of carbonyl (C=O) groups excluding carboxylic acids is 1. The van der Waals surface area contributed by atoms with Gasteiger partial charge in [-0.3, -0.25) is 10.1 Å². The molecule has 4 heteroatoms. The van der Waals surface area contributed by atoms with Crippen molar-refractivity contribution in [1.29, 1.82) is 0 Å². The van der Waals surface area contributed by atoms with Gasteiger partial charge in [0.05, 0.1) is 24.4 Å². The molecule has 118 valence electrons. The summed E-state index contributed by atoms with van der Waals surface area (Å²) in [5.74, 6) is 0.646. The third kappa shape index (κ3) is 4.45. The number of hydrogen-bond donors (Lipinski definition) is 1. The van der Waals surface area contributed by atoms with E-state index in [1.165, 1.54) is 0 Å². The maximum atomic E-state index is 12.6. The molecule has 1 aliphatic heterocycles. The second-order valence-electron chi connectivity index (χ2n) is 6.71. The highest BCUT2D eigenvalue weighted by Crippen LogP contribution is 2.24. The number of ether oxygens (including phenoxy) is 1. The van der Waals surface area contributed by atoms with Crippen LogP contribution in [0.1, 0.15) is 60.8 Å². The lowest BCUT2D eigenvalue weighted by Gasteiger charge is -2.34. The second kappa shape index (κ2) is 7.41. The fraction of sp³-hybridized carbons (Fsp3) is 0.938. The van der Waals surface area contributed by atoms with Crippen LogP contribution in [0.15, 0.2) is 0 Å². The van der Waals surface area contributed by atoms with E-state index in [4.69, 9.17) is 4.74 Å². The molecule has 0 bridgehead atoms. The van der Waals surface area contributed by atoms with Crippen molar-refractivity contribution < 1.29 is 9.53 Å². The molecule has 1 heterocycles. The van der Waals surface area contributed by atoms with E-state index >= 15 is 0 Å². The summed E-state index contributed by atoms with van der Waals surface area (Å²) in [7, 11) is 0. The lowest BCUT2D eigenvalue weighted by atomic mass is 10.1. The minimum absolute atomic E-state index is 0.0141. The first-order chi connectivity index (χ1) is 9.32. The Balaban J connectivity index is 2.76. The molecule has 4 nitrogen and oxygen atoms in total. The van der Waals surface area contributed by atoms with Crippen LogP contribution in [-0.4, -0.2) is 41.8 Å². The van der Waals surface area contributed by atoms with Crippen molar-refractivity contribution in [3.8, 4) is 0 Å². The van der Waals surface area contributed by atoms with Crippen molar-refractivity contribution in [3.05, 3.63) is 0 Å². The van der Waals surface area contributed by atoms with Gasteiger partial charge >= 0.3 is 0 Å². The topological polar surface area (TPSA) is 41.6 Å². The smallest absolute Gasteiger partial charge is 0.241 e. The zero-order valence-electron chi connectivity index (χ0n) is 14.0. The summed E-state index contributed by atoms with van der Waals surface area (Å²) in [5.41, 5.74) is -0.293. The predicted octanol–water partition coefficient (Wildman–Crippen LogP) is 2.77. The van der Waals surface area contributed by atoms with E-state index in [-0.39, 0.29) is 23.7 Å². The van der Waals surface area contributed by atoms with Gasteiger partial charge in [-0.15, -0.1) is 0 Å². The number of amides is 1. The molecule has 0 spiro atoms. The van der Waals surface area contributed by atoms with E-state index in [0.717, 1.165) is 19.3 Å². The molecule has 0 aliphatic carbocycles. The highest BCUT2D eigenvalue weighted by Gasteiger charge is 2.41. The fourth-order valence-corrected chi connectivity index (χ4v) is 2.89. The monoisotopic (exact) mass is 284 g/mol. The van der Waals surface area contributed by atoms with Crippen LogP contribution >= 0.6 is 0 Å². The van der Waals surface area contributed by atoms with Crippen molar-refractivity contribution in [2.75, 3.05) is 13.2 Å². The minimum atomic E-state index is -0.293. The third-order valence-electron chi connectivity index (χ3n) is 3.85. The number of rotatable bonds is 8. The summed E-state index contributed by atoms with van der Waals surface area (Å²) >= 11 is 0. The molecule has 0 aromatic rings. The quantitative estimate of drug-likeness (QED) is 0.745. The van der Waals surface area contributed by atoms with E-state index in [2.05, 4.69) is 39.9 Å². The minimum Gasteiger partial charge on any atom is -0.374 e. The van der Waals surface area contributed by atoms with Crippen LogP contribution in [-0.2, 0) is 9.53 Å². The van der Waals surface area contributed by atoms with Gasteiger partial charge in [-0.25, -0.2) is 0 Å². The van der Waals surface area contributed by atoms with Crippen LogP contribution in [0.5, 0.6) is 0 Å². The third-order valence-corrected chi connectivity index (χ3v) is 3.85. The first kappa shape index (κ1) is 17.4. The van der Waals surface area contributed by atoms with Gasteiger partial charge in [0.15, 0.2) is 0 Å². The van der Waals surface area contributed by atoms with Gasteiger partial charge in [0.2, 0.25) is 5.91 Å². The number of unbranched alkanes of at least 4 members (excludes halogenated alkanes) is 1. The average molecular weight is 284 g/mol. The molecule has 1 amide bonds. The van der Waals surface area contributed by atoms with Crippen LogP contribution in [0.4, 0.5) is 0 Å². The Morgan fingerprint density at radius 2 is 2.00 bits per heavy atom. The molecule has 0 aromatic heterocycles. The van der Waals surface area contributed by atoms with E-state index in [1.807, 2.05) is 11.8 Å². The van der Waals surface area contributed by atoms with E-state index in [1.54, 1.807) is 0 Å². The van der Waals surface area contributed by atoms with Gasteiger partial charge in [0.1, 0.15) is 0 Å². The van der Waals surface area contributed by atoms with Gasteiger partial charge in [-0.05, 0) is 33.1 Å². The largest absolute Gasteiger partial charge is 0.374 e. The van der Waals surface area contributed by atoms with Crippen molar-refractivity contribution in [3.63, 3.8) is 0 Å². The van der Waals surface area contributed by atoms with Gasteiger partial charge in [0.25, 0.3) is 0 Å². The normalized spacial score (nSPS) is 23.9. The van der Waals surface area contributed by atoms with Crippen LogP contribution in [0.25, 0.3) is 0 Å². The van der Waals surface area contributed by atoms with Gasteiger partial charge in [-0.2, -0.15) is 0 Å². The van der Waals surface area contributed by atoms with Crippen LogP contribution < -0.4 is 5.32 Å². The maximum absolute atomic E-state index is 12.6. The highest BCUT2D eigenvalue weighted by molar-refractivity contribution is 5.84. The van der Waals surface area contributed by atoms with Crippen molar-refractivity contribution in [1.82, 2.24) is 10.2 Å². The summed E-state index contributed by atoms with van der Waals surface area (Å²) in [6.07, 6.45) is 3.28. The highest BCUT2D eigenvalue weighted by atomic mass is 16.5. The Labute approximate surface area is 124 Å². The molecule has 0 radical (unpaired) electrons. The zero-order valence-corrected chi connectivity index (χ0v) is 14.0. The molecular weight excluding hydrogens is 252 g/mol. The Morgan fingerprint density at radius 3 is 2.50 bits per heavy atom. The first-order valence-electron chi connectivity index (χ1n) is 8.03. The summed E-state index contributed by atoms with van der Waals surface area (Å²) in [6.45, 7) is 13.9. The van der Waals surface area contributed by atoms with E-state index in [9.17, 15) is 4.79 Å². The number of hydrogen-bond acceptors (Lipinski definition) is 3. The SMILES string of the molecule is CCCCC1NC(C(C)C)N(CC(C)(C)OCC)C1=O. The summed E-state index contributed by atoms with van der Waals surface area (Å²) in [6, 6.07) is -0.0141. The first-order valence-corrected chi connectivity index (χ1v) is 8.03. The second-order valence-corrected chi connectivity index (χ2v) is 6.71. The molecule has 1 N–H and O–H groups in total. The molecular formula is C16H32N2O2. The Bertz CT molecular complexity index is 316. The summed E-state index contributed by atoms with van der Waals surface area (Å²) < 4.78 is 5.76. The standard InChI is InChI=1S/C16H32N2O2/c1-7-9-10-13-15(19)18(14(17-13)12(3)4)11-16(5,6)20-8-2/h12-14,17H,7-11H2,1-6H3. The molecule has 1 fully saturated rings. The molecule has 0 aromatic carbocycles. The zero-order chi connectivity index (χ0) is 15.3. The van der Waals surface area contributed by atoms with Gasteiger partial charge < -0.3 is 9.64 Å². The number of nitrogens with zero attached hydrogens (tertiary/aromatic N) is 1. The molecule has 1 rings (SSSR count). The van der Waals surface area contributed by atoms with Crippen LogP contribution in [0.2, 0.25) is 0 Å². The summed E-state index contributed by atoms with van der Waals surface area (Å²) in [5, 5.41) is 3.51. The molecule has 1 aliphatic rings. The van der Waals surface area contributed by atoms with Crippen molar-refractivity contribution >= 4 is 5.91 Å².